The van der Waals surface area contributed by atoms with Crippen molar-refractivity contribution in [1.82, 2.24) is 9.88 Å². The molecule has 2 rings (SSSR count). The van der Waals surface area contributed by atoms with Crippen LogP contribution in [0.3, 0.4) is 0 Å². The molecule has 0 unspecified atom stereocenters. The Balaban J connectivity index is 2.03. The molecule has 2 aromatic rings. The van der Waals surface area contributed by atoms with Crippen LogP contribution in [0.1, 0.15) is 27.9 Å². The summed E-state index contributed by atoms with van der Waals surface area (Å²) in [7, 11) is 0. The average Bonchev–Trinajstić information content (AvgIpc) is 2.89. The minimum atomic E-state index is -0.530. The Hall–Kier alpha value is -2.81. The summed E-state index contributed by atoms with van der Waals surface area (Å²) in [5.74, 6) is -0.704. The maximum absolute atomic E-state index is 12.5. The Morgan fingerprint density at radius 3 is 2.40 bits per heavy atom. The third kappa shape index (κ3) is 4.60. The number of aromatic nitrogens is 1. The van der Waals surface area contributed by atoms with Gasteiger partial charge in [0.2, 0.25) is 5.91 Å². The molecule has 0 bridgehead atoms. The number of non-ortho nitro benzene ring substituents is 1. The highest BCUT2D eigenvalue weighted by molar-refractivity contribution is 7.15. The van der Waals surface area contributed by atoms with Crippen LogP contribution in [-0.4, -0.2) is 39.7 Å². The molecule has 1 aromatic carbocycles. The monoisotopic (exact) mass is 362 g/mol. The summed E-state index contributed by atoms with van der Waals surface area (Å²) < 4.78 is 0. The van der Waals surface area contributed by atoms with Crippen LogP contribution in [0.5, 0.6) is 0 Å². The summed E-state index contributed by atoms with van der Waals surface area (Å²) in [5, 5.41) is 13.9. The first-order valence-electron chi connectivity index (χ1n) is 7.59. The molecule has 8 nitrogen and oxygen atoms in total. The van der Waals surface area contributed by atoms with Gasteiger partial charge in [-0.05, 0) is 32.9 Å². The molecule has 0 aliphatic carbocycles. The van der Waals surface area contributed by atoms with Crippen molar-refractivity contribution in [1.29, 1.82) is 0 Å². The lowest BCUT2D eigenvalue weighted by atomic mass is 10.2. The van der Waals surface area contributed by atoms with Gasteiger partial charge in [0.05, 0.1) is 10.6 Å². The number of nitro groups is 1. The standard InChI is InChI=1S/C16H18N4O4S/c1-4-19(9-14(21)18-16-17-10(2)11(3)25-16)15(22)12-5-7-13(8-6-12)20(23)24/h5-8H,4,9H2,1-3H3,(H,17,18,21). The molecule has 25 heavy (non-hydrogen) atoms. The van der Waals surface area contributed by atoms with E-state index < -0.39 is 4.92 Å². The smallest absolute Gasteiger partial charge is 0.269 e. The lowest BCUT2D eigenvalue weighted by Crippen LogP contribution is -2.37. The summed E-state index contributed by atoms with van der Waals surface area (Å²) in [6.07, 6.45) is 0. The Labute approximate surface area is 148 Å². The summed E-state index contributed by atoms with van der Waals surface area (Å²) in [4.78, 5) is 41.4. The van der Waals surface area contributed by atoms with Crippen molar-refractivity contribution in [3.8, 4) is 0 Å². The number of hydrogen-bond acceptors (Lipinski definition) is 6. The number of likely N-dealkylation sites (N-methyl/N-ethyl adjacent to an activating group) is 1. The minimum absolute atomic E-state index is 0.0909. The van der Waals surface area contributed by atoms with Gasteiger partial charge in [0.1, 0.15) is 6.54 Å². The number of hydrogen-bond donors (Lipinski definition) is 1. The first kappa shape index (κ1) is 18.5. The maximum atomic E-state index is 12.5. The molecular weight excluding hydrogens is 344 g/mol. The Kier molecular flexibility index (Phi) is 5.81. The molecule has 0 radical (unpaired) electrons. The van der Waals surface area contributed by atoms with Gasteiger partial charge in [-0.3, -0.25) is 19.7 Å². The van der Waals surface area contributed by atoms with Crippen LogP contribution in [0.4, 0.5) is 10.8 Å². The number of benzene rings is 1. The third-order valence-corrected chi connectivity index (χ3v) is 4.59. The number of nitrogens with one attached hydrogen (secondary N) is 1. The van der Waals surface area contributed by atoms with Crippen molar-refractivity contribution in [2.45, 2.75) is 20.8 Å². The molecule has 1 N–H and O–H groups in total. The second kappa shape index (κ2) is 7.84. The predicted molar refractivity (Wildman–Crippen MR) is 94.9 cm³/mol. The summed E-state index contributed by atoms with van der Waals surface area (Å²) in [5.41, 5.74) is 1.06. The van der Waals surface area contributed by atoms with Gasteiger partial charge in [-0.1, -0.05) is 0 Å². The molecule has 0 atom stereocenters. The van der Waals surface area contributed by atoms with Crippen molar-refractivity contribution in [3.63, 3.8) is 0 Å². The Bertz CT molecular complexity index is 781. The highest BCUT2D eigenvalue weighted by Crippen LogP contribution is 2.21. The third-order valence-electron chi connectivity index (χ3n) is 3.60. The topological polar surface area (TPSA) is 105 Å². The van der Waals surface area contributed by atoms with Gasteiger partial charge in [0.25, 0.3) is 11.6 Å². The van der Waals surface area contributed by atoms with Gasteiger partial charge in [0.15, 0.2) is 5.13 Å². The number of carbonyl (C=O) groups is 2. The van der Waals surface area contributed by atoms with E-state index in [9.17, 15) is 19.7 Å². The fourth-order valence-electron chi connectivity index (χ4n) is 2.09. The number of rotatable bonds is 6. The van der Waals surface area contributed by atoms with E-state index >= 15 is 0 Å². The van der Waals surface area contributed by atoms with E-state index in [1.807, 2.05) is 13.8 Å². The van der Waals surface area contributed by atoms with Gasteiger partial charge in [-0.2, -0.15) is 0 Å². The van der Waals surface area contributed by atoms with E-state index in [4.69, 9.17) is 0 Å². The quantitative estimate of drug-likeness (QED) is 0.628. The van der Waals surface area contributed by atoms with Gasteiger partial charge >= 0.3 is 0 Å². The van der Waals surface area contributed by atoms with Crippen LogP contribution < -0.4 is 5.32 Å². The second-order valence-electron chi connectivity index (χ2n) is 5.33. The summed E-state index contributed by atoms with van der Waals surface area (Å²) in [6.45, 7) is 5.74. The normalized spacial score (nSPS) is 10.4. The van der Waals surface area contributed by atoms with Crippen LogP contribution in [0.2, 0.25) is 0 Å². The number of thiazole rings is 1. The number of amides is 2. The number of anilines is 1. The molecule has 0 fully saturated rings. The zero-order chi connectivity index (χ0) is 18.6. The zero-order valence-electron chi connectivity index (χ0n) is 14.1. The van der Waals surface area contributed by atoms with E-state index in [0.717, 1.165) is 10.6 Å². The van der Waals surface area contributed by atoms with Crippen molar-refractivity contribution < 1.29 is 14.5 Å². The molecule has 132 valence electrons. The van der Waals surface area contributed by atoms with Crippen molar-refractivity contribution >= 4 is 34.0 Å². The first-order valence-corrected chi connectivity index (χ1v) is 8.41. The van der Waals surface area contributed by atoms with E-state index in [2.05, 4.69) is 10.3 Å². The van der Waals surface area contributed by atoms with Crippen molar-refractivity contribution in [2.75, 3.05) is 18.4 Å². The SMILES string of the molecule is CCN(CC(=O)Nc1nc(C)c(C)s1)C(=O)c1ccc([N+](=O)[O-])cc1. The molecule has 0 saturated carbocycles. The molecule has 2 amide bonds. The van der Waals surface area contributed by atoms with Gasteiger partial charge < -0.3 is 10.2 Å². The van der Waals surface area contributed by atoms with Crippen LogP contribution >= 0.6 is 11.3 Å². The van der Waals surface area contributed by atoms with E-state index in [1.165, 1.54) is 40.5 Å². The minimum Gasteiger partial charge on any atom is -0.330 e. The van der Waals surface area contributed by atoms with Crippen LogP contribution in [0, 0.1) is 24.0 Å². The molecule has 1 aromatic heterocycles. The van der Waals surface area contributed by atoms with E-state index in [1.54, 1.807) is 6.92 Å². The molecular formula is C16H18N4O4S. The lowest BCUT2D eigenvalue weighted by Gasteiger charge is -2.20. The van der Waals surface area contributed by atoms with Crippen LogP contribution in [-0.2, 0) is 4.79 Å². The van der Waals surface area contributed by atoms with Crippen molar-refractivity contribution in [3.05, 3.63) is 50.5 Å². The predicted octanol–water partition coefficient (Wildman–Crippen LogP) is 2.77. The van der Waals surface area contributed by atoms with Crippen LogP contribution in [0.15, 0.2) is 24.3 Å². The highest BCUT2D eigenvalue weighted by atomic mass is 32.1. The molecule has 0 spiro atoms. The number of carbonyl (C=O) groups excluding carboxylic acids is 2. The number of nitro benzene ring substituents is 1. The molecule has 0 aliphatic rings. The van der Waals surface area contributed by atoms with Gasteiger partial charge in [0, 0.05) is 29.1 Å². The maximum Gasteiger partial charge on any atom is 0.269 e. The molecule has 0 saturated heterocycles. The zero-order valence-corrected chi connectivity index (χ0v) is 14.9. The Morgan fingerprint density at radius 1 is 1.28 bits per heavy atom. The van der Waals surface area contributed by atoms with Gasteiger partial charge in [-0.15, -0.1) is 11.3 Å². The van der Waals surface area contributed by atoms with E-state index in [0.29, 0.717) is 17.2 Å². The highest BCUT2D eigenvalue weighted by Gasteiger charge is 2.19. The molecule has 1 heterocycles. The average molecular weight is 362 g/mol. The fourth-order valence-corrected chi connectivity index (χ4v) is 2.92. The fraction of sp³-hybridized carbons (Fsp3) is 0.312. The van der Waals surface area contributed by atoms with Crippen molar-refractivity contribution in [2.24, 2.45) is 0 Å². The van der Waals surface area contributed by atoms with Gasteiger partial charge in [-0.25, -0.2) is 4.98 Å². The molecule has 9 heteroatoms. The van der Waals surface area contributed by atoms with E-state index in [-0.39, 0.29) is 24.0 Å². The first-order chi connectivity index (χ1) is 11.8. The summed E-state index contributed by atoms with van der Waals surface area (Å²) >= 11 is 1.38. The number of nitrogens with zero attached hydrogens (tertiary/aromatic N) is 3. The molecule has 0 aliphatic heterocycles. The van der Waals surface area contributed by atoms with Crippen LogP contribution in [0.25, 0.3) is 0 Å². The summed E-state index contributed by atoms with van der Waals surface area (Å²) in [6, 6.07) is 5.30. The second-order valence-corrected chi connectivity index (χ2v) is 6.54. The number of aryl methyl sites for hydroxylation is 2. The Morgan fingerprint density at radius 2 is 1.92 bits per heavy atom. The largest absolute Gasteiger partial charge is 0.330 e. The lowest BCUT2D eigenvalue weighted by molar-refractivity contribution is -0.384.